The van der Waals surface area contributed by atoms with Crippen LogP contribution in [0.5, 0.6) is 0 Å². The van der Waals surface area contributed by atoms with E-state index in [1.165, 1.54) is 0 Å². The smallest absolute Gasteiger partial charge is 0.340 e. The minimum Gasteiger partial charge on any atom is -0.459 e. The minimum atomic E-state index is -0.631. The summed E-state index contributed by atoms with van der Waals surface area (Å²) in [6.07, 6.45) is -0.251. The lowest BCUT2D eigenvalue weighted by Gasteiger charge is -2.16. The number of esters is 2. The van der Waals surface area contributed by atoms with Gasteiger partial charge in [-0.15, -0.1) is 0 Å². The molecule has 130 valence electrons. The lowest BCUT2D eigenvalue weighted by atomic mass is 10.1. The summed E-state index contributed by atoms with van der Waals surface area (Å²) in [5, 5.41) is 0. The van der Waals surface area contributed by atoms with Crippen LogP contribution in [0.4, 0.5) is 0 Å². The maximum absolute atomic E-state index is 12.1. The molecule has 1 aliphatic heterocycles. The molecule has 0 amide bonds. The van der Waals surface area contributed by atoms with Crippen LogP contribution in [0.25, 0.3) is 0 Å². The van der Waals surface area contributed by atoms with Gasteiger partial charge in [0.05, 0.1) is 17.2 Å². The molecule has 5 nitrogen and oxygen atoms in total. The van der Waals surface area contributed by atoms with Gasteiger partial charge < -0.3 is 14.2 Å². The number of carbonyl (C=O) groups is 2. The zero-order valence-electron chi connectivity index (χ0n) is 14.0. The molecule has 25 heavy (non-hydrogen) atoms. The van der Waals surface area contributed by atoms with E-state index in [1.54, 1.807) is 48.5 Å². The second-order valence-electron chi connectivity index (χ2n) is 6.08. The average molecular weight is 340 g/mol. The van der Waals surface area contributed by atoms with Gasteiger partial charge in [0.2, 0.25) is 6.29 Å². The molecule has 3 rings (SSSR count). The molecule has 0 saturated carbocycles. The van der Waals surface area contributed by atoms with E-state index in [9.17, 15) is 9.59 Å². The van der Waals surface area contributed by atoms with Crippen molar-refractivity contribution < 1.29 is 23.8 Å². The summed E-state index contributed by atoms with van der Waals surface area (Å²) in [5.41, 5.74) is 0.984. The van der Waals surface area contributed by atoms with E-state index in [4.69, 9.17) is 14.2 Å². The SMILES string of the molecule is C[C@H]1C[C@@H](COC(=O)c2ccccc2)OC1OC(=O)c1ccccc1. The summed E-state index contributed by atoms with van der Waals surface area (Å²) >= 11 is 0. The summed E-state index contributed by atoms with van der Waals surface area (Å²) in [4.78, 5) is 24.1. The molecule has 2 aromatic carbocycles. The summed E-state index contributed by atoms with van der Waals surface area (Å²) < 4.78 is 16.5. The second kappa shape index (κ2) is 7.94. The van der Waals surface area contributed by atoms with Gasteiger partial charge in [0.25, 0.3) is 0 Å². The van der Waals surface area contributed by atoms with Gasteiger partial charge in [-0.3, -0.25) is 0 Å². The molecule has 3 atom stereocenters. The Hall–Kier alpha value is -2.66. The lowest BCUT2D eigenvalue weighted by Crippen LogP contribution is -2.24. The third-order valence-electron chi connectivity index (χ3n) is 4.07. The zero-order chi connectivity index (χ0) is 17.6. The summed E-state index contributed by atoms with van der Waals surface area (Å²) in [6.45, 7) is 2.08. The van der Waals surface area contributed by atoms with Crippen LogP contribution in [0.15, 0.2) is 60.7 Å². The molecule has 1 unspecified atom stereocenters. The molecule has 1 fully saturated rings. The fourth-order valence-corrected chi connectivity index (χ4v) is 2.73. The summed E-state index contributed by atoms with van der Waals surface area (Å²) in [6, 6.07) is 17.6. The van der Waals surface area contributed by atoms with Crippen molar-refractivity contribution in [2.75, 3.05) is 6.61 Å². The third-order valence-corrected chi connectivity index (χ3v) is 4.07. The number of hydrogen-bond donors (Lipinski definition) is 0. The van der Waals surface area contributed by atoms with Crippen molar-refractivity contribution in [2.45, 2.75) is 25.7 Å². The Bertz CT molecular complexity index is 713. The van der Waals surface area contributed by atoms with E-state index >= 15 is 0 Å². The Morgan fingerprint density at radius 2 is 1.52 bits per heavy atom. The molecule has 5 heteroatoms. The van der Waals surface area contributed by atoms with Gasteiger partial charge in [-0.2, -0.15) is 0 Å². The molecule has 0 spiro atoms. The van der Waals surface area contributed by atoms with E-state index in [0.717, 1.165) is 0 Å². The van der Waals surface area contributed by atoms with Crippen molar-refractivity contribution in [1.82, 2.24) is 0 Å². The van der Waals surface area contributed by atoms with Crippen molar-refractivity contribution in [3.8, 4) is 0 Å². The van der Waals surface area contributed by atoms with Gasteiger partial charge in [0, 0.05) is 5.92 Å². The molecule has 1 aliphatic rings. The average Bonchev–Trinajstić information content (AvgIpc) is 3.00. The second-order valence-corrected chi connectivity index (χ2v) is 6.08. The standard InChI is InChI=1S/C20H20O5/c1-14-12-17(13-23-18(21)15-8-4-2-5-9-15)24-20(14)25-19(22)16-10-6-3-7-11-16/h2-11,14,17,20H,12-13H2,1H3/t14-,17-,20?/m0/s1. The quantitative estimate of drug-likeness (QED) is 0.780. The molecule has 2 aromatic rings. The molecular weight excluding hydrogens is 320 g/mol. The Morgan fingerprint density at radius 1 is 0.960 bits per heavy atom. The first-order valence-electron chi connectivity index (χ1n) is 8.27. The molecule has 0 aromatic heterocycles. The molecule has 0 radical (unpaired) electrons. The molecule has 1 heterocycles. The van der Waals surface area contributed by atoms with Crippen LogP contribution in [0, 0.1) is 5.92 Å². The van der Waals surface area contributed by atoms with Crippen molar-refractivity contribution in [3.63, 3.8) is 0 Å². The maximum atomic E-state index is 12.1. The van der Waals surface area contributed by atoms with Gasteiger partial charge in [-0.05, 0) is 30.7 Å². The van der Waals surface area contributed by atoms with E-state index in [2.05, 4.69) is 0 Å². The van der Waals surface area contributed by atoms with Gasteiger partial charge in [0.1, 0.15) is 6.61 Å². The zero-order valence-corrected chi connectivity index (χ0v) is 14.0. The Morgan fingerprint density at radius 3 is 2.12 bits per heavy atom. The highest BCUT2D eigenvalue weighted by Gasteiger charge is 2.35. The highest BCUT2D eigenvalue weighted by Crippen LogP contribution is 2.28. The van der Waals surface area contributed by atoms with Crippen molar-refractivity contribution in [2.24, 2.45) is 5.92 Å². The Labute approximate surface area is 146 Å². The van der Waals surface area contributed by atoms with E-state index < -0.39 is 12.3 Å². The first kappa shape index (κ1) is 17.2. The maximum Gasteiger partial charge on any atom is 0.340 e. The first-order valence-corrected chi connectivity index (χ1v) is 8.27. The highest BCUT2D eigenvalue weighted by atomic mass is 16.7. The molecule has 1 saturated heterocycles. The fraction of sp³-hybridized carbons (Fsp3) is 0.300. The van der Waals surface area contributed by atoms with E-state index in [0.29, 0.717) is 17.5 Å². The molecule has 0 aliphatic carbocycles. The van der Waals surface area contributed by atoms with Gasteiger partial charge in [-0.1, -0.05) is 43.3 Å². The van der Waals surface area contributed by atoms with Crippen molar-refractivity contribution >= 4 is 11.9 Å². The number of carbonyl (C=O) groups excluding carboxylic acids is 2. The monoisotopic (exact) mass is 340 g/mol. The molecule has 0 N–H and O–H groups in total. The number of hydrogen-bond acceptors (Lipinski definition) is 5. The van der Waals surface area contributed by atoms with Gasteiger partial charge in [0.15, 0.2) is 0 Å². The lowest BCUT2D eigenvalue weighted by molar-refractivity contribution is -0.123. The summed E-state index contributed by atoms with van der Waals surface area (Å²) in [7, 11) is 0. The predicted molar refractivity (Wildman–Crippen MR) is 91.0 cm³/mol. The third kappa shape index (κ3) is 4.45. The van der Waals surface area contributed by atoms with E-state index in [1.807, 2.05) is 19.1 Å². The number of ether oxygens (including phenoxy) is 3. The predicted octanol–water partition coefficient (Wildman–Crippen LogP) is 3.45. The van der Waals surface area contributed by atoms with Crippen LogP contribution in [0.2, 0.25) is 0 Å². The van der Waals surface area contributed by atoms with E-state index in [-0.39, 0.29) is 24.6 Å². The highest BCUT2D eigenvalue weighted by molar-refractivity contribution is 5.89. The number of benzene rings is 2. The minimum absolute atomic E-state index is 0.0353. The van der Waals surface area contributed by atoms with Crippen LogP contribution < -0.4 is 0 Å². The molecular formula is C20H20O5. The van der Waals surface area contributed by atoms with Gasteiger partial charge in [-0.25, -0.2) is 9.59 Å². The largest absolute Gasteiger partial charge is 0.459 e. The van der Waals surface area contributed by atoms with Crippen molar-refractivity contribution in [1.29, 1.82) is 0 Å². The molecule has 0 bridgehead atoms. The van der Waals surface area contributed by atoms with Crippen LogP contribution in [-0.2, 0) is 14.2 Å². The van der Waals surface area contributed by atoms with Crippen LogP contribution >= 0.6 is 0 Å². The van der Waals surface area contributed by atoms with Crippen LogP contribution in [0.1, 0.15) is 34.1 Å². The summed E-state index contributed by atoms with van der Waals surface area (Å²) in [5.74, 6) is -0.769. The topological polar surface area (TPSA) is 61.8 Å². The fourth-order valence-electron chi connectivity index (χ4n) is 2.73. The first-order chi connectivity index (χ1) is 12.1. The Balaban J connectivity index is 1.50. The van der Waals surface area contributed by atoms with Crippen molar-refractivity contribution in [3.05, 3.63) is 71.8 Å². The van der Waals surface area contributed by atoms with Crippen LogP contribution in [-0.4, -0.2) is 30.9 Å². The van der Waals surface area contributed by atoms with Crippen LogP contribution in [0.3, 0.4) is 0 Å². The normalized spacial score (nSPS) is 22.4. The number of rotatable bonds is 5. The van der Waals surface area contributed by atoms with Gasteiger partial charge >= 0.3 is 11.9 Å². The Kier molecular flexibility index (Phi) is 5.46.